The van der Waals surface area contributed by atoms with Crippen molar-refractivity contribution in [3.8, 4) is 12.3 Å². The minimum Gasteiger partial charge on any atom is -0.330 e. The Morgan fingerprint density at radius 2 is 2.23 bits per heavy atom. The molecule has 3 heteroatoms. The van der Waals surface area contributed by atoms with E-state index in [1.807, 2.05) is 13.8 Å². The average molecular weight is 182 g/mol. The van der Waals surface area contributed by atoms with Gasteiger partial charge in [0, 0.05) is 6.54 Å². The van der Waals surface area contributed by atoms with Crippen LogP contribution in [-0.4, -0.2) is 29.9 Å². The number of rotatable bonds is 5. The molecule has 0 saturated carbocycles. The van der Waals surface area contributed by atoms with Gasteiger partial charge in [-0.3, -0.25) is 4.79 Å². The first-order chi connectivity index (χ1) is 6.17. The van der Waals surface area contributed by atoms with Crippen molar-refractivity contribution < 1.29 is 4.79 Å². The number of terminal acetylenes is 1. The third-order valence-electron chi connectivity index (χ3n) is 1.89. The summed E-state index contributed by atoms with van der Waals surface area (Å²) in [5, 5.41) is 0. The third kappa shape index (κ3) is 3.95. The van der Waals surface area contributed by atoms with Gasteiger partial charge >= 0.3 is 0 Å². The van der Waals surface area contributed by atoms with Crippen LogP contribution in [0.15, 0.2) is 0 Å². The largest absolute Gasteiger partial charge is 0.330 e. The second-order valence-corrected chi connectivity index (χ2v) is 2.95. The summed E-state index contributed by atoms with van der Waals surface area (Å²) in [6, 6.07) is -0.390. The topological polar surface area (TPSA) is 46.3 Å². The molecule has 0 rings (SSSR count). The molecule has 0 aliphatic heterocycles. The Kier molecular flexibility index (Phi) is 5.99. The van der Waals surface area contributed by atoms with Crippen LogP contribution in [0, 0.1) is 12.3 Å². The van der Waals surface area contributed by atoms with Crippen LogP contribution in [0.25, 0.3) is 0 Å². The molecule has 0 aliphatic rings. The van der Waals surface area contributed by atoms with Crippen molar-refractivity contribution in [2.45, 2.75) is 32.7 Å². The number of nitrogens with two attached hydrogens (primary N) is 1. The normalized spacial score (nSPS) is 11.8. The minimum absolute atomic E-state index is 0.0395. The second-order valence-electron chi connectivity index (χ2n) is 2.95. The number of likely N-dealkylation sites (N-methyl/N-ethyl adjacent to an activating group) is 1. The molecule has 3 nitrogen and oxygen atoms in total. The highest BCUT2D eigenvalue weighted by atomic mass is 16.2. The Bertz CT molecular complexity index is 196. The zero-order chi connectivity index (χ0) is 10.3. The summed E-state index contributed by atoms with van der Waals surface area (Å²) >= 11 is 0. The Morgan fingerprint density at radius 1 is 1.62 bits per heavy atom. The van der Waals surface area contributed by atoms with Gasteiger partial charge < -0.3 is 10.6 Å². The molecule has 0 unspecified atom stereocenters. The van der Waals surface area contributed by atoms with E-state index in [-0.39, 0.29) is 5.91 Å². The molecule has 0 aromatic heterocycles. The fourth-order valence-electron chi connectivity index (χ4n) is 1.12. The molecule has 0 radical (unpaired) electrons. The quantitative estimate of drug-likeness (QED) is 0.633. The number of nitrogens with zero attached hydrogens (tertiary/aromatic N) is 1. The molecule has 2 N–H and O–H groups in total. The predicted octanol–water partition coefficient (Wildman–Crippen LogP) is 0.595. The van der Waals surface area contributed by atoms with E-state index in [0.717, 1.165) is 12.8 Å². The molecular formula is C10H18N2O. The maximum absolute atomic E-state index is 11.6. The molecule has 74 valence electrons. The maximum Gasteiger partial charge on any atom is 0.240 e. The molecule has 1 atom stereocenters. The summed E-state index contributed by atoms with van der Waals surface area (Å²) in [6.07, 6.45) is 6.77. The molecule has 0 fully saturated rings. The lowest BCUT2D eigenvalue weighted by molar-refractivity contribution is -0.131. The van der Waals surface area contributed by atoms with E-state index in [1.54, 1.807) is 4.90 Å². The van der Waals surface area contributed by atoms with Gasteiger partial charge in [0.1, 0.15) is 0 Å². The summed E-state index contributed by atoms with van der Waals surface area (Å²) in [5.74, 6) is 2.41. The Balaban J connectivity index is 4.12. The van der Waals surface area contributed by atoms with Crippen LogP contribution >= 0.6 is 0 Å². The molecule has 0 saturated heterocycles. The summed E-state index contributed by atoms with van der Waals surface area (Å²) < 4.78 is 0. The van der Waals surface area contributed by atoms with E-state index in [9.17, 15) is 4.79 Å². The predicted molar refractivity (Wildman–Crippen MR) is 54.0 cm³/mol. The van der Waals surface area contributed by atoms with Crippen LogP contribution < -0.4 is 5.73 Å². The van der Waals surface area contributed by atoms with Crippen LogP contribution in [-0.2, 0) is 4.79 Å². The van der Waals surface area contributed by atoms with Crippen LogP contribution in [0.5, 0.6) is 0 Å². The Labute approximate surface area is 80.3 Å². The van der Waals surface area contributed by atoms with Crippen molar-refractivity contribution in [3.63, 3.8) is 0 Å². The fraction of sp³-hybridized carbons (Fsp3) is 0.700. The highest BCUT2D eigenvalue weighted by Gasteiger charge is 2.17. The highest BCUT2D eigenvalue weighted by molar-refractivity contribution is 5.81. The van der Waals surface area contributed by atoms with Gasteiger partial charge in [0.2, 0.25) is 5.91 Å². The van der Waals surface area contributed by atoms with Crippen molar-refractivity contribution in [1.82, 2.24) is 4.90 Å². The lowest BCUT2D eigenvalue weighted by Gasteiger charge is -2.21. The molecule has 0 bridgehead atoms. The molecule has 0 spiro atoms. The standard InChI is InChI=1S/C10H18N2O/c1-4-7-9(11)10(13)12(6-3)8-5-2/h2,9H,4,6-8,11H2,1,3H3/t9-/m1/s1. The van der Waals surface area contributed by atoms with Crippen molar-refractivity contribution in [3.05, 3.63) is 0 Å². The van der Waals surface area contributed by atoms with Crippen LogP contribution in [0.1, 0.15) is 26.7 Å². The molecular weight excluding hydrogens is 164 g/mol. The van der Waals surface area contributed by atoms with Crippen LogP contribution in [0.2, 0.25) is 0 Å². The first-order valence-electron chi connectivity index (χ1n) is 4.65. The number of hydrogen-bond donors (Lipinski definition) is 1. The monoisotopic (exact) mass is 182 g/mol. The van der Waals surface area contributed by atoms with Gasteiger partial charge in [0.25, 0.3) is 0 Å². The van der Waals surface area contributed by atoms with Gasteiger partial charge in [0.15, 0.2) is 0 Å². The lowest BCUT2D eigenvalue weighted by Crippen LogP contribution is -2.43. The van der Waals surface area contributed by atoms with Crippen molar-refractivity contribution in [2.75, 3.05) is 13.1 Å². The zero-order valence-corrected chi connectivity index (χ0v) is 8.42. The van der Waals surface area contributed by atoms with Crippen molar-refractivity contribution in [1.29, 1.82) is 0 Å². The maximum atomic E-state index is 11.6. The minimum atomic E-state index is -0.390. The van der Waals surface area contributed by atoms with Crippen LogP contribution in [0.4, 0.5) is 0 Å². The Morgan fingerprint density at radius 3 is 2.62 bits per heavy atom. The number of carbonyl (C=O) groups excluding carboxylic acids is 1. The van der Waals surface area contributed by atoms with E-state index in [0.29, 0.717) is 13.1 Å². The molecule has 0 aromatic rings. The third-order valence-corrected chi connectivity index (χ3v) is 1.89. The van der Waals surface area contributed by atoms with Gasteiger partial charge in [-0.15, -0.1) is 6.42 Å². The molecule has 0 aromatic carbocycles. The van der Waals surface area contributed by atoms with Crippen molar-refractivity contribution >= 4 is 5.91 Å². The van der Waals surface area contributed by atoms with Gasteiger partial charge in [-0.05, 0) is 13.3 Å². The highest BCUT2D eigenvalue weighted by Crippen LogP contribution is 1.99. The smallest absolute Gasteiger partial charge is 0.240 e. The van der Waals surface area contributed by atoms with E-state index < -0.39 is 6.04 Å². The first kappa shape index (κ1) is 12.0. The summed E-state index contributed by atoms with van der Waals surface area (Å²) in [4.78, 5) is 13.2. The van der Waals surface area contributed by atoms with Crippen molar-refractivity contribution in [2.24, 2.45) is 5.73 Å². The summed E-state index contributed by atoms with van der Waals surface area (Å²) in [7, 11) is 0. The number of amides is 1. The Hall–Kier alpha value is -1.01. The molecule has 0 aliphatic carbocycles. The van der Waals surface area contributed by atoms with Crippen LogP contribution in [0.3, 0.4) is 0 Å². The summed E-state index contributed by atoms with van der Waals surface area (Å²) in [6.45, 7) is 4.88. The average Bonchev–Trinajstić information content (AvgIpc) is 2.13. The lowest BCUT2D eigenvalue weighted by atomic mass is 10.1. The first-order valence-corrected chi connectivity index (χ1v) is 4.65. The fourth-order valence-corrected chi connectivity index (χ4v) is 1.12. The van der Waals surface area contributed by atoms with E-state index >= 15 is 0 Å². The van der Waals surface area contributed by atoms with E-state index in [2.05, 4.69) is 5.92 Å². The van der Waals surface area contributed by atoms with E-state index in [4.69, 9.17) is 12.2 Å². The second kappa shape index (κ2) is 6.50. The van der Waals surface area contributed by atoms with Gasteiger partial charge in [0.05, 0.1) is 12.6 Å². The van der Waals surface area contributed by atoms with Gasteiger partial charge in [-0.25, -0.2) is 0 Å². The molecule has 0 heterocycles. The van der Waals surface area contributed by atoms with Gasteiger partial charge in [-0.2, -0.15) is 0 Å². The number of carbonyl (C=O) groups is 1. The molecule has 13 heavy (non-hydrogen) atoms. The zero-order valence-electron chi connectivity index (χ0n) is 8.42. The van der Waals surface area contributed by atoms with E-state index in [1.165, 1.54) is 0 Å². The SMILES string of the molecule is C#CCN(CC)C(=O)[C@H](N)CCC. The number of hydrogen-bond acceptors (Lipinski definition) is 2. The van der Waals surface area contributed by atoms with Gasteiger partial charge in [-0.1, -0.05) is 19.3 Å². The molecule has 1 amide bonds. The summed E-state index contributed by atoms with van der Waals surface area (Å²) in [5.41, 5.74) is 5.67.